The first-order chi connectivity index (χ1) is 12.2. The Labute approximate surface area is 159 Å². The summed E-state index contributed by atoms with van der Waals surface area (Å²) in [6.07, 6.45) is 1.82. The number of aliphatic imine (C=N–C) groups is 1. The summed E-state index contributed by atoms with van der Waals surface area (Å²) >= 11 is 1.17. The largest absolute Gasteiger partial charge is 0.862 e. The van der Waals surface area contributed by atoms with Gasteiger partial charge in [0.25, 0.3) is 6.20 Å². The van der Waals surface area contributed by atoms with Crippen LogP contribution in [0.2, 0.25) is 0 Å². The van der Waals surface area contributed by atoms with E-state index in [4.69, 9.17) is 4.52 Å². The van der Waals surface area contributed by atoms with Crippen molar-refractivity contribution in [3.63, 3.8) is 0 Å². The van der Waals surface area contributed by atoms with Crippen LogP contribution >= 0.6 is 11.8 Å². The van der Waals surface area contributed by atoms with E-state index in [-0.39, 0.29) is 23.3 Å². The molecule has 0 aliphatic carbocycles. The molecule has 0 saturated carbocycles. The van der Waals surface area contributed by atoms with Crippen molar-refractivity contribution in [2.24, 2.45) is 10.4 Å². The minimum absolute atomic E-state index is 0.0725. The van der Waals surface area contributed by atoms with Crippen LogP contribution in [0.3, 0.4) is 0 Å². The number of nitrogens with zero attached hydrogens (tertiary/aromatic N) is 5. The van der Waals surface area contributed by atoms with Crippen LogP contribution in [0, 0.1) is 5.41 Å². The van der Waals surface area contributed by atoms with Crippen molar-refractivity contribution in [1.82, 2.24) is 10.2 Å². The Morgan fingerprint density at radius 2 is 2.04 bits per heavy atom. The molecule has 0 unspecified atom stereocenters. The third-order valence-corrected chi connectivity index (χ3v) is 5.43. The third kappa shape index (κ3) is 5.98. The number of carbonyl (C=O) groups is 1. The SMILES string of the molecule is CC(C)N1CCN([n+]2cc(N=C([O-])CCSC(=O)C(C)(C)C)on2)CC1. The van der Waals surface area contributed by atoms with E-state index in [1.807, 2.05) is 20.8 Å². The Morgan fingerprint density at radius 3 is 2.62 bits per heavy atom. The highest BCUT2D eigenvalue weighted by atomic mass is 32.2. The van der Waals surface area contributed by atoms with Crippen LogP contribution < -0.4 is 14.9 Å². The molecule has 2 rings (SSSR count). The zero-order chi connectivity index (χ0) is 19.3. The molecule has 0 radical (unpaired) electrons. The summed E-state index contributed by atoms with van der Waals surface area (Å²) in [5, 5.41) is 18.0. The number of piperazine rings is 1. The van der Waals surface area contributed by atoms with Crippen molar-refractivity contribution in [1.29, 1.82) is 0 Å². The van der Waals surface area contributed by atoms with Crippen molar-refractivity contribution in [3.05, 3.63) is 6.20 Å². The van der Waals surface area contributed by atoms with E-state index in [0.717, 1.165) is 26.2 Å². The summed E-state index contributed by atoms with van der Waals surface area (Å²) in [6.45, 7) is 13.6. The predicted octanol–water partition coefficient (Wildman–Crippen LogP) is 0.710. The van der Waals surface area contributed by atoms with Crippen LogP contribution in [0.1, 0.15) is 41.0 Å². The zero-order valence-electron chi connectivity index (χ0n) is 16.3. The first kappa shape index (κ1) is 20.7. The number of carbonyl (C=O) groups excluding carboxylic acids is 1. The summed E-state index contributed by atoms with van der Waals surface area (Å²) in [4.78, 5) is 19.8. The second kappa shape index (κ2) is 8.85. The molecule has 1 fully saturated rings. The van der Waals surface area contributed by atoms with Crippen molar-refractivity contribution in [3.8, 4) is 0 Å². The molecule has 26 heavy (non-hydrogen) atoms. The molecule has 0 aromatic carbocycles. The van der Waals surface area contributed by atoms with Crippen LogP contribution in [0.25, 0.3) is 0 Å². The fourth-order valence-corrected chi connectivity index (χ4v) is 3.37. The van der Waals surface area contributed by atoms with E-state index < -0.39 is 5.41 Å². The van der Waals surface area contributed by atoms with Crippen molar-refractivity contribution >= 4 is 28.7 Å². The molecular weight excluding hydrogens is 354 g/mol. The molecule has 0 spiro atoms. The summed E-state index contributed by atoms with van der Waals surface area (Å²) in [7, 11) is 0. The average Bonchev–Trinajstić information content (AvgIpc) is 3.02. The first-order valence-corrected chi connectivity index (χ1v) is 9.95. The topological polar surface area (TPSA) is 88.9 Å². The second-order valence-electron chi connectivity index (χ2n) is 7.69. The Morgan fingerprint density at radius 1 is 1.38 bits per heavy atom. The maximum atomic E-state index is 11.9. The molecule has 0 amide bonds. The maximum Gasteiger partial charge on any atom is 0.324 e. The fourth-order valence-electron chi connectivity index (χ4n) is 2.47. The van der Waals surface area contributed by atoms with Gasteiger partial charge >= 0.3 is 5.88 Å². The molecule has 0 N–H and O–H groups in total. The summed E-state index contributed by atoms with van der Waals surface area (Å²) < 4.78 is 5.14. The van der Waals surface area contributed by atoms with Crippen molar-refractivity contribution in [2.45, 2.75) is 47.1 Å². The lowest BCUT2D eigenvalue weighted by Gasteiger charge is -2.32. The number of hydrogen-bond acceptors (Lipinski definition) is 8. The molecule has 1 aliphatic heterocycles. The lowest BCUT2D eigenvalue weighted by atomic mass is 10.00. The van der Waals surface area contributed by atoms with E-state index in [9.17, 15) is 9.90 Å². The van der Waals surface area contributed by atoms with E-state index in [2.05, 4.69) is 34.0 Å². The second-order valence-corrected chi connectivity index (χ2v) is 8.75. The molecule has 1 aliphatic rings. The first-order valence-electron chi connectivity index (χ1n) is 8.96. The molecule has 0 bridgehead atoms. The molecule has 1 saturated heterocycles. The van der Waals surface area contributed by atoms with Gasteiger partial charge in [0.05, 0.1) is 17.9 Å². The lowest BCUT2D eigenvalue weighted by molar-refractivity contribution is -0.759. The van der Waals surface area contributed by atoms with Gasteiger partial charge in [-0.05, 0) is 26.2 Å². The van der Waals surface area contributed by atoms with Gasteiger partial charge in [-0.2, -0.15) is 5.01 Å². The zero-order valence-corrected chi connectivity index (χ0v) is 17.1. The summed E-state index contributed by atoms with van der Waals surface area (Å²) in [5.41, 5.74) is -0.402. The molecule has 1 aromatic heterocycles. The normalized spacial score (nSPS) is 17.2. The Kier molecular flexibility index (Phi) is 7.05. The van der Waals surface area contributed by atoms with Gasteiger partial charge in [-0.3, -0.25) is 14.2 Å². The Bertz CT molecular complexity index is 631. The molecule has 2 heterocycles. The van der Waals surface area contributed by atoms with Crippen LogP contribution in [-0.4, -0.2) is 59.2 Å². The molecule has 8 nitrogen and oxygen atoms in total. The highest BCUT2D eigenvalue weighted by Gasteiger charge is 2.26. The summed E-state index contributed by atoms with van der Waals surface area (Å²) in [6, 6.07) is 0.533. The summed E-state index contributed by atoms with van der Waals surface area (Å²) in [5.74, 6) is 0.296. The molecular formula is C17H29N5O3S. The van der Waals surface area contributed by atoms with Crippen LogP contribution in [0.5, 0.6) is 0 Å². The van der Waals surface area contributed by atoms with Gasteiger partial charge in [-0.1, -0.05) is 32.5 Å². The molecule has 146 valence electrons. The molecule has 0 atom stereocenters. The van der Waals surface area contributed by atoms with Crippen LogP contribution in [-0.2, 0) is 4.79 Å². The fraction of sp³-hybridized carbons (Fsp3) is 0.765. The van der Waals surface area contributed by atoms with Gasteiger partial charge in [-0.25, -0.2) is 4.99 Å². The van der Waals surface area contributed by atoms with Crippen LogP contribution in [0.15, 0.2) is 15.7 Å². The Balaban J connectivity index is 1.83. The number of thioether (sulfide) groups is 1. The van der Waals surface area contributed by atoms with Crippen molar-refractivity contribution < 1.29 is 19.2 Å². The number of hydrogen-bond donors (Lipinski definition) is 0. The highest BCUT2D eigenvalue weighted by molar-refractivity contribution is 8.13. The van der Waals surface area contributed by atoms with E-state index in [0.29, 0.717) is 11.8 Å². The lowest BCUT2D eigenvalue weighted by Crippen LogP contribution is -2.65. The van der Waals surface area contributed by atoms with Gasteiger partial charge in [0, 0.05) is 30.3 Å². The van der Waals surface area contributed by atoms with Gasteiger partial charge in [0.15, 0.2) is 5.12 Å². The van der Waals surface area contributed by atoms with Gasteiger partial charge in [0.1, 0.15) is 0 Å². The number of rotatable bonds is 6. The Hall–Kier alpha value is -1.61. The van der Waals surface area contributed by atoms with Crippen LogP contribution in [0.4, 0.5) is 5.88 Å². The van der Waals surface area contributed by atoms with Gasteiger partial charge < -0.3 is 5.11 Å². The minimum Gasteiger partial charge on any atom is -0.862 e. The van der Waals surface area contributed by atoms with E-state index >= 15 is 0 Å². The van der Waals surface area contributed by atoms with Gasteiger partial charge in [0.2, 0.25) is 5.27 Å². The predicted molar refractivity (Wildman–Crippen MR) is 100.0 cm³/mol. The third-order valence-electron chi connectivity index (χ3n) is 4.15. The van der Waals surface area contributed by atoms with Crippen molar-refractivity contribution in [2.75, 3.05) is 36.9 Å². The number of aromatic nitrogens is 2. The van der Waals surface area contributed by atoms with E-state index in [1.165, 1.54) is 11.8 Å². The smallest absolute Gasteiger partial charge is 0.324 e. The monoisotopic (exact) mass is 383 g/mol. The standard InChI is InChI=1S/C17H29N5O3S/c1-13(2)20-7-9-21(10-8-20)22-12-15(25-19-22)18-14(23)6-11-26-16(24)17(3,4)5/h12-13H,6-11H2,1-5H3. The highest BCUT2D eigenvalue weighted by Crippen LogP contribution is 2.23. The molecule has 1 aromatic rings. The minimum atomic E-state index is -0.402. The average molecular weight is 384 g/mol. The molecule has 9 heteroatoms. The maximum absolute atomic E-state index is 11.9. The van der Waals surface area contributed by atoms with E-state index in [1.54, 1.807) is 11.0 Å². The quantitative estimate of drug-likeness (QED) is 0.406. The van der Waals surface area contributed by atoms with Gasteiger partial charge in [-0.15, -0.1) is 0 Å².